The van der Waals surface area contributed by atoms with Crippen LogP contribution in [0.25, 0.3) is 0 Å². The number of rotatable bonds is 7. The fraction of sp³-hybridized carbons (Fsp3) is 0.278. The predicted molar refractivity (Wildman–Crippen MR) is 89.3 cm³/mol. The van der Waals surface area contributed by atoms with Crippen LogP contribution in [0.3, 0.4) is 0 Å². The predicted octanol–water partition coefficient (Wildman–Crippen LogP) is 4.00. The van der Waals surface area contributed by atoms with E-state index in [1.54, 1.807) is 43.3 Å². The summed E-state index contributed by atoms with van der Waals surface area (Å²) >= 11 is 6.00. The van der Waals surface area contributed by atoms with E-state index in [1.807, 2.05) is 0 Å². The van der Waals surface area contributed by atoms with E-state index in [0.717, 1.165) is 18.4 Å². The molecule has 122 valence electrons. The highest BCUT2D eigenvalue weighted by atomic mass is 35.5. The summed E-state index contributed by atoms with van der Waals surface area (Å²) in [6.45, 7) is 2.21. The Morgan fingerprint density at radius 3 is 2.61 bits per heavy atom. The molecule has 1 amide bonds. The first kappa shape index (κ1) is 17.3. The average Bonchev–Trinajstić information content (AvgIpc) is 2.55. The lowest BCUT2D eigenvalue weighted by atomic mass is 10.1. The molecule has 0 bridgehead atoms. The molecular weight excluding hydrogens is 317 g/mol. The number of benzene rings is 2. The average molecular weight is 336 g/mol. The minimum atomic E-state index is -0.624. The quantitative estimate of drug-likeness (QED) is 0.777. The Bertz CT molecular complexity index is 646. The van der Waals surface area contributed by atoms with Crippen molar-refractivity contribution >= 4 is 17.5 Å². The van der Waals surface area contributed by atoms with Crippen LogP contribution in [0.15, 0.2) is 48.5 Å². The van der Waals surface area contributed by atoms with Gasteiger partial charge in [0.05, 0.1) is 5.02 Å². The maximum absolute atomic E-state index is 12.8. The molecule has 0 fully saturated rings. The Labute approximate surface area is 140 Å². The molecule has 0 saturated carbocycles. The van der Waals surface area contributed by atoms with Gasteiger partial charge in [-0.05, 0) is 49.6 Å². The molecule has 2 aromatic rings. The highest BCUT2D eigenvalue weighted by molar-refractivity contribution is 6.32. The molecule has 5 heteroatoms. The van der Waals surface area contributed by atoms with E-state index in [2.05, 4.69) is 5.32 Å². The number of amides is 1. The van der Waals surface area contributed by atoms with Crippen molar-refractivity contribution < 1.29 is 13.9 Å². The Balaban J connectivity index is 1.72. The molecule has 0 saturated heterocycles. The second-order valence-corrected chi connectivity index (χ2v) is 5.62. The number of para-hydroxylation sites is 1. The maximum atomic E-state index is 12.8. The third-order valence-corrected chi connectivity index (χ3v) is 3.68. The molecule has 2 aromatic carbocycles. The van der Waals surface area contributed by atoms with Gasteiger partial charge in [-0.2, -0.15) is 0 Å². The summed E-state index contributed by atoms with van der Waals surface area (Å²) in [6, 6.07) is 13.4. The summed E-state index contributed by atoms with van der Waals surface area (Å²) in [7, 11) is 0. The summed E-state index contributed by atoms with van der Waals surface area (Å²) in [6.07, 6.45) is 0.928. The van der Waals surface area contributed by atoms with E-state index in [1.165, 1.54) is 12.1 Å². The van der Waals surface area contributed by atoms with Crippen molar-refractivity contribution in [3.05, 3.63) is 64.9 Å². The molecule has 1 atom stereocenters. The van der Waals surface area contributed by atoms with Crippen LogP contribution in [-0.2, 0) is 11.2 Å². The fourth-order valence-corrected chi connectivity index (χ4v) is 2.26. The zero-order valence-electron chi connectivity index (χ0n) is 12.9. The van der Waals surface area contributed by atoms with Gasteiger partial charge in [-0.15, -0.1) is 0 Å². The third-order valence-electron chi connectivity index (χ3n) is 3.36. The first-order valence-electron chi connectivity index (χ1n) is 7.49. The molecule has 0 unspecified atom stereocenters. The molecule has 0 heterocycles. The lowest BCUT2D eigenvalue weighted by Gasteiger charge is -2.15. The summed E-state index contributed by atoms with van der Waals surface area (Å²) in [5.41, 5.74) is 1.04. The Morgan fingerprint density at radius 1 is 1.22 bits per heavy atom. The SMILES string of the molecule is C[C@@H](Oc1ccccc1Cl)C(=O)NCCCc1ccc(F)cc1. The largest absolute Gasteiger partial charge is 0.479 e. The van der Waals surface area contributed by atoms with E-state index in [9.17, 15) is 9.18 Å². The van der Waals surface area contributed by atoms with Gasteiger partial charge in [0.2, 0.25) is 0 Å². The number of hydrogen-bond donors (Lipinski definition) is 1. The molecule has 23 heavy (non-hydrogen) atoms. The number of aryl methyl sites for hydroxylation is 1. The maximum Gasteiger partial charge on any atom is 0.260 e. The lowest BCUT2D eigenvalue weighted by molar-refractivity contribution is -0.127. The van der Waals surface area contributed by atoms with Crippen LogP contribution in [0.4, 0.5) is 4.39 Å². The monoisotopic (exact) mass is 335 g/mol. The lowest BCUT2D eigenvalue weighted by Crippen LogP contribution is -2.37. The molecule has 2 rings (SSSR count). The molecule has 0 spiro atoms. The van der Waals surface area contributed by atoms with Crippen LogP contribution in [-0.4, -0.2) is 18.6 Å². The van der Waals surface area contributed by atoms with Gasteiger partial charge in [-0.3, -0.25) is 4.79 Å². The highest BCUT2D eigenvalue weighted by Gasteiger charge is 2.15. The summed E-state index contributed by atoms with van der Waals surface area (Å²) < 4.78 is 18.3. The van der Waals surface area contributed by atoms with E-state index in [0.29, 0.717) is 17.3 Å². The van der Waals surface area contributed by atoms with Crippen LogP contribution in [0.1, 0.15) is 18.9 Å². The number of halogens is 2. The zero-order chi connectivity index (χ0) is 16.7. The van der Waals surface area contributed by atoms with E-state index < -0.39 is 6.10 Å². The molecular formula is C18H19ClFNO2. The fourth-order valence-electron chi connectivity index (χ4n) is 2.08. The minimum Gasteiger partial charge on any atom is -0.479 e. The topological polar surface area (TPSA) is 38.3 Å². The van der Waals surface area contributed by atoms with Gasteiger partial charge in [0.15, 0.2) is 6.10 Å². The number of carbonyl (C=O) groups excluding carboxylic acids is 1. The summed E-state index contributed by atoms with van der Waals surface area (Å²) in [5.74, 6) is 0.0553. The second-order valence-electron chi connectivity index (χ2n) is 5.21. The summed E-state index contributed by atoms with van der Waals surface area (Å²) in [4.78, 5) is 12.0. The molecule has 0 radical (unpaired) electrons. The molecule has 0 aliphatic rings. The Kier molecular flexibility index (Phi) is 6.41. The van der Waals surface area contributed by atoms with Crippen molar-refractivity contribution in [3.8, 4) is 5.75 Å². The minimum absolute atomic E-state index is 0.191. The zero-order valence-corrected chi connectivity index (χ0v) is 13.6. The molecule has 3 nitrogen and oxygen atoms in total. The van der Waals surface area contributed by atoms with Crippen molar-refractivity contribution in [3.63, 3.8) is 0 Å². The van der Waals surface area contributed by atoms with E-state index in [-0.39, 0.29) is 11.7 Å². The second kappa shape index (κ2) is 8.53. The van der Waals surface area contributed by atoms with Crippen LogP contribution >= 0.6 is 11.6 Å². The van der Waals surface area contributed by atoms with Gasteiger partial charge in [-0.1, -0.05) is 35.9 Å². The third kappa shape index (κ3) is 5.57. The number of hydrogen-bond acceptors (Lipinski definition) is 2. The first-order valence-corrected chi connectivity index (χ1v) is 7.87. The van der Waals surface area contributed by atoms with Crippen LogP contribution in [0.5, 0.6) is 5.75 Å². The Hall–Kier alpha value is -2.07. The normalized spacial score (nSPS) is 11.8. The number of ether oxygens (including phenoxy) is 1. The van der Waals surface area contributed by atoms with Crippen molar-refractivity contribution in [1.82, 2.24) is 5.32 Å². The standard InChI is InChI=1S/C18H19ClFNO2/c1-13(23-17-7-3-2-6-16(17)19)18(22)21-12-4-5-14-8-10-15(20)11-9-14/h2-3,6-11,13H,4-5,12H2,1H3,(H,21,22)/t13-/m1/s1. The Morgan fingerprint density at radius 2 is 1.91 bits per heavy atom. The number of nitrogens with one attached hydrogen (secondary N) is 1. The molecule has 1 N–H and O–H groups in total. The van der Waals surface area contributed by atoms with Gasteiger partial charge in [-0.25, -0.2) is 4.39 Å². The van der Waals surface area contributed by atoms with Gasteiger partial charge < -0.3 is 10.1 Å². The van der Waals surface area contributed by atoms with Crippen molar-refractivity contribution in [2.45, 2.75) is 25.9 Å². The first-order chi connectivity index (χ1) is 11.1. The molecule has 0 aliphatic carbocycles. The van der Waals surface area contributed by atoms with Gasteiger partial charge >= 0.3 is 0 Å². The van der Waals surface area contributed by atoms with Crippen molar-refractivity contribution in [2.24, 2.45) is 0 Å². The smallest absolute Gasteiger partial charge is 0.260 e. The van der Waals surface area contributed by atoms with Crippen LogP contribution in [0.2, 0.25) is 5.02 Å². The van der Waals surface area contributed by atoms with Crippen LogP contribution in [0, 0.1) is 5.82 Å². The van der Waals surface area contributed by atoms with Gasteiger partial charge in [0.25, 0.3) is 5.91 Å². The van der Waals surface area contributed by atoms with Crippen LogP contribution < -0.4 is 10.1 Å². The van der Waals surface area contributed by atoms with Crippen molar-refractivity contribution in [1.29, 1.82) is 0 Å². The van der Waals surface area contributed by atoms with Gasteiger partial charge in [0, 0.05) is 6.54 Å². The molecule has 0 aromatic heterocycles. The van der Waals surface area contributed by atoms with E-state index >= 15 is 0 Å². The van der Waals surface area contributed by atoms with E-state index in [4.69, 9.17) is 16.3 Å². The summed E-state index contributed by atoms with van der Waals surface area (Å²) in [5, 5.41) is 3.30. The van der Waals surface area contributed by atoms with Crippen molar-refractivity contribution in [2.75, 3.05) is 6.54 Å². The highest BCUT2D eigenvalue weighted by Crippen LogP contribution is 2.24. The van der Waals surface area contributed by atoms with Gasteiger partial charge in [0.1, 0.15) is 11.6 Å². The number of carbonyl (C=O) groups is 1. The molecule has 0 aliphatic heterocycles.